The molecule has 13 nitrogen and oxygen atoms in total. The number of carbonyl (C=O) groups excluding carboxylic acids is 4. The van der Waals surface area contributed by atoms with Gasteiger partial charge in [0.05, 0.1) is 28.9 Å². The molecule has 0 saturated heterocycles. The van der Waals surface area contributed by atoms with Crippen LogP contribution in [0.3, 0.4) is 0 Å². The van der Waals surface area contributed by atoms with Gasteiger partial charge in [0, 0.05) is 51.5 Å². The Morgan fingerprint density at radius 1 is 0.373 bits per heavy atom. The molecule has 0 atom stereocenters. The van der Waals surface area contributed by atoms with Crippen LogP contribution in [0.25, 0.3) is 40.5 Å². The maximum Gasteiger partial charge on any atom is 0.338 e. The number of ketones is 2. The fourth-order valence-corrected chi connectivity index (χ4v) is 17.9. The molecule has 0 aromatic heterocycles. The van der Waals surface area contributed by atoms with Gasteiger partial charge in [-0.2, -0.15) is 0 Å². The zero-order valence-corrected chi connectivity index (χ0v) is 83.7. The van der Waals surface area contributed by atoms with E-state index < -0.39 is 49.3 Å². The molecule has 0 spiro atoms. The molecular formula is C123H127BrF4N2O11Si. The number of fused-ring (bicyclic) bond motifs is 4. The molecule has 19 heteroatoms. The van der Waals surface area contributed by atoms with Gasteiger partial charge in [-0.1, -0.05) is 334 Å². The van der Waals surface area contributed by atoms with Crippen molar-refractivity contribution < 1.29 is 71.7 Å². The number of halogens is 5. The number of carbonyl (C=O) groups is 6. The van der Waals surface area contributed by atoms with Crippen molar-refractivity contribution in [1.82, 2.24) is 0 Å². The first-order valence-corrected chi connectivity index (χ1v) is 50.5. The summed E-state index contributed by atoms with van der Waals surface area (Å²) in [6.07, 6.45) is 22.1. The fraction of sp³-hybridized carbons (Fsp3) is 0.236. The van der Waals surface area contributed by atoms with Gasteiger partial charge in [-0.15, -0.1) is 0 Å². The second kappa shape index (κ2) is 47.7. The van der Waals surface area contributed by atoms with Crippen LogP contribution in [0.1, 0.15) is 289 Å². The first kappa shape index (κ1) is 111. The van der Waals surface area contributed by atoms with E-state index in [1.54, 1.807) is 13.0 Å². The Morgan fingerprint density at radius 2 is 0.655 bits per heavy atom. The number of aryl methyl sites for hydroxylation is 4. The van der Waals surface area contributed by atoms with Crippen LogP contribution < -0.4 is 0 Å². The molecular weight excluding hydrogens is 1870 g/mol. The third kappa shape index (κ3) is 27.6. The summed E-state index contributed by atoms with van der Waals surface area (Å²) in [5.41, 5.74) is 27.5. The third-order valence-electron chi connectivity index (χ3n) is 25.5. The zero-order valence-electron chi connectivity index (χ0n) is 81.1. The van der Waals surface area contributed by atoms with Crippen LogP contribution in [-0.4, -0.2) is 82.5 Å². The lowest BCUT2D eigenvalue weighted by Crippen LogP contribution is -2.22. The normalized spacial score (nSPS) is 14.4. The summed E-state index contributed by atoms with van der Waals surface area (Å²) in [7, 11) is -1.33. The number of carboxylic acids is 2. The maximum absolute atomic E-state index is 14.8. The molecule has 0 aliphatic heterocycles. The summed E-state index contributed by atoms with van der Waals surface area (Å²) < 4.78 is 61.9. The number of nitrogens with zero attached hydrogens (tertiary/aromatic N) is 2. The quantitative estimate of drug-likeness (QED) is 0.00610. The number of ether oxygens (including phenoxy) is 1. The summed E-state index contributed by atoms with van der Waals surface area (Å²) in [6.45, 7) is 34.5. The molecule has 12 aromatic rings. The van der Waals surface area contributed by atoms with E-state index in [0.717, 1.165) is 99.5 Å². The number of hydrogen-bond acceptors (Lipinski definition) is 11. The Balaban J connectivity index is 0.000000205. The molecule has 0 unspecified atom stereocenters. The Kier molecular flexibility index (Phi) is 37.4. The molecule has 4 aliphatic carbocycles. The Morgan fingerprint density at radius 3 is 0.958 bits per heavy atom. The minimum Gasteiger partial charge on any atom is -0.478 e. The molecule has 0 fully saturated rings. The minimum atomic E-state index is -1.33. The van der Waals surface area contributed by atoms with E-state index in [4.69, 9.17) is 14.9 Å². The van der Waals surface area contributed by atoms with Gasteiger partial charge in [-0.05, 0) is 292 Å². The van der Waals surface area contributed by atoms with E-state index in [1.807, 2.05) is 60.7 Å². The zero-order chi connectivity index (χ0) is 101. The first-order chi connectivity index (χ1) is 65.8. The average Bonchev–Trinajstić information content (AvgIpc) is 0.759. The van der Waals surface area contributed by atoms with Crippen LogP contribution in [-0.2, 0) is 26.4 Å². The van der Waals surface area contributed by atoms with Crippen LogP contribution >= 0.6 is 15.9 Å². The van der Waals surface area contributed by atoms with Gasteiger partial charge >= 0.3 is 17.9 Å². The summed E-state index contributed by atoms with van der Waals surface area (Å²) in [5.74, 6) is -5.37. The Hall–Kier alpha value is -14.4. The predicted molar refractivity (Wildman–Crippen MR) is 579 cm³/mol. The molecule has 0 saturated carbocycles. The van der Waals surface area contributed by atoms with Crippen molar-refractivity contribution in [2.45, 2.75) is 185 Å². The number of carboxylic acid groups (broad SMARTS) is 2. The molecule has 12 aromatic carbocycles. The first-order valence-electron chi connectivity index (χ1n) is 46.0. The highest BCUT2D eigenvalue weighted by Gasteiger charge is 2.35. The minimum absolute atomic E-state index is 0. The van der Waals surface area contributed by atoms with Crippen molar-refractivity contribution in [1.29, 1.82) is 0 Å². The monoisotopic (exact) mass is 1990 g/mol. The van der Waals surface area contributed by atoms with Crippen molar-refractivity contribution in [2.24, 2.45) is 10.3 Å². The summed E-state index contributed by atoms with van der Waals surface area (Å²) >= 11 is 3.07. The van der Waals surface area contributed by atoms with E-state index in [9.17, 15) is 56.7 Å². The maximum atomic E-state index is 14.8. The van der Waals surface area contributed by atoms with E-state index >= 15 is 0 Å². The van der Waals surface area contributed by atoms with Gasteiger partial charge in [0.25, 0.3) is 0 Å². The molecule has 0 radical (unpaired) electrons. The van der Waals surface area contributed by atoms with Crippen LogP contribution in [0.2, 0.25) is 25.7 Å². The highest BCUT2D eigenvalue weighted by molar-refractivity contribution is 9.10. The second-order valence-electron chi connectivity index (χ2n) is 39.3. The molecule has 0 heterocycles. The Bertz CT molecular complexity index is 6810. The lowest BCUT2D eigenvalue weighted by molar-refractivity contribution is 0.0523. The van der Waals surface area contributed by atoms with Crippen molar-refractivity contribution in [3.05, 3.63) is 463 Å². The van der Waals surface area contributed by atoms with Crippen LogP contribution in [0, 0.1) is 51.0 Å². The van der Waals surface area contributed by atoms with Gasteiger partial charge in [-0.3, -0.25) is 14.4 Å². The number of Topliss-reactive ketones (excluding diaryl/α,β-unsaturated/α-hetero) is 1. The van der Waals surface area contributed by atoms with E-state index in [-0.39, 0.29) is 106 Å². The third-order valence-corrected chi connectivity index (χ3v) is 27.7. The topological polar surface area (TPSA) is 217 Å². The fourth-order valence-electron chi connectivity index (χ4n) is 16.9. The number of benzene rings is 12. The number of esters is 1. The highest BCUT2D eigenvalue weighted by Crippen LogP contribution is 2.47. The van der Waals surface area contributed by atoms with Gasteiger partial charge in [-0.25, -0.2) is 31.9 Å². The van der Waals surface area contributed by atoms with Crippen molar-refractivity contribution in [3.8, 4) is 0 Å². The van der Waals surface area contributed by atoms with Crippen molar-refractivity contribution in [2.75, 3.05) is 6.61 Å². The summed E-state index contributed by atoms with van der Waals surface area (Å²) in [6, 6.07) is 74.7. The van der Waals surface area contributed by atoms with Crippen LogP contribution in [0.4, 0.5) is 17.6 Å². The van der Waals surface area contributed by atoms with Crippen molar-refractivity contribution in [3.63, 3.8) is 0 Å². The number of allylic oxidation sites excluding steroid dienone is 7. The SMILES string of the molecule is C.C.C.CC(=O)c1ccc2c(c1)C(C)(C)CC=C2c1ccc(C)cc1.Cc1ccc(C2=CCC(C)(C)c3cc(C(/C=C/c4ccc(C(=O)O)cc4F)=N/O)ccc32)cc1.Cc1ccc(C2=CCC(C)(C)c3cc(C(/C=C/c4ccc(C(=O)O)cc4F)=N\O)ccc32)cc1.Cc1ccc(C2=CCC(C)(C)c3cc(C(=O)/C=C/c4ccc(C(=O)OCC[Si](C)(C)C)cc4F)ccc32)cc1.O=Cc1ccc(Br)cc1F. The molecule has 142 heavy (non-hydrogen) atoms. The number of aldehydes is 1. The highest BCUT2D eigenvalue weighted by atomic mass is 79.9. The van der Waals surface area contributed by atoms with Crippen LogP contribution in [0.15, 0.2) is 300 Å². The number of aromatic carboxylic acids is 2. The Labute approximate surface area is 843 Å². The predicted octanol–water partition coefficient (Wildman–Crippen LogP) is 31.9. The van der Waals surface area contributed by atoms with Gasteiger partial charge in [0.1, 0.15) is 34.7 Å². The summed E-state index contributed by atoms with van der Waals surface area (Å²) in [4.78, 5) is 69.2. The largest absolute Gasteiger partial charge is 0.478 e. The molecule has 0 amide bonds. The van der Waals surface area contributed by atoms with Crippen LogP contribution in [0.5, 0.6) is 0 Å². The smallest absolute Gasteiger partial charge is 0.338 e. The molecule has 0 bridgehead atoms. The lowest BCUT2D eigenvalue weighted by atomic mass is 9.71. The second-order valence-corrected chi connectivity index (χ2v) is 45.8. The lowest BCUT2D eigenvalue weighted by Gasteiger charge is -2.33. The molecule has 4 N–H and O–H groups in total. The number of oxime groups is 2. The molecule has 4 aliphatic rings. The van der Waals surface area contributed by atoms with E-state index in [1.165, 1.54) is 152 Å². The number of hydrogen-bond donors (Lipinski definition) is 4. The van der Waals surface area contributed by atoms with Gasteiger partial charge in [0.2, 0.25) is 0 Å². The average molecular weight is 1990 g/mol. The summed E-state index contributed by atoms with van der Waals surface area (Å²) in [5, 5.41) is 44.3. The van der Waals surface area contributed by atoms with E-state index in [2.05, 4.69) is 262 Å². The molecule has 16 rings (SSSR count). The van der Waals surface area contributed by atoms with Gasteiger partial charge < -0.3 is 25.4 Å². The molecule has 734 valence electrons. The number of rotatable bonds is 21. The van der Waals surface area contributed by atoms with Gasteiger partial charge in [0.15, 0.2) is 17.9 Å². The standard InChI is InChI=1S/C34H37FO3Si.2C29H26FNO3.C21H22O.C7H4BrFO.3CH4/c1-23-7-9-24(10-8-23)28-17-18-34(2,3)30-21-26(13-15-29(28)30)32(36)16-14-25-11-12-27(22-31(25)35)33(37)38-19-20-39(4,5)6;2*1-18-4-6-19(7-5-18)23-14-15-29(2,3)25-16-21(10-12-24(23)25)27(31-34)13-11-20-8-9-22(28(32)33)17-26(20)30;1-14-5-7-16(8-6-14)18-11-12-21(3,4)20-13-17(15(2)22)9-10-19(18)20;8-6-2-1-5(4-10)7(9)3-6;;;/h7-17,21-22H,18-20H2,1-6H3;2*4-14,16-17,34H,15H2,1-3H3,(H,32,33);5-11,13H,12H2,1-4H3;1-4H;3*1H4/b16-14+;13-11+,31-27+;13-11+,31-27-;;;;;. The van der Waals surface area contributed by atoms with Crippen molar-refractivity contribution >= 4 is 112 Å². The van der Waals surface area contributed by atoms with E-state index in [0.29, 0.717) is 34.1 Å².